The highest BCUT2D eigenvalue weighted by atomic mass is 16.5. The monoisotopic (exact) mass is 411 g/mol. The second-order valence-corrected chi connectivity index (χ2v) is 7.51. The topological polar surface area (TPSA) is 79.9 Å². The average molecular weight is 412 g/mol. The highest BCUT2D eigenvalue weighted by Gasteiger charge is 2.19. The van der Waals surface area contributed by atoms with Crippen LogP contribution in [0, 0.1) is 0 Å². The third-order valence-corrected chi connectivity index (χ3v) is 4.66. The molecule has 3 rings (SSSR count). The standard InChI is InChI=1S/C23H29N3O4/c1-16(2)30-20-7-4-18(5-8-20)15-24-23(28)21-9-6-19(25-17(3)27)14-22(21)26-10-12-29-13-11-26/h4-9,14,16H,10-13,15H2,1-3H3,(H,24,28)(H,25,27). The fourth-order valence-electron chi connectivity index (χ4n) is 3.31. The minimum absolute atomic E-state index is 0.120. The van der Waals surface area contributed by atoms with Gasteiger partial charge in [-0.25, -0.2) is 0 Å². The number of ether oxygens (including phenoxy) is 2. The summed E-state index contributed by atoms with van der Waals surface area (Å²) in [7, 11) is 0. The van der Waals surface area contributed by atoms with Crippen molar-refractivity contribution >= 4 is 23.2 Å². The quantitative estimate of drug-likeness (QED) is 0.731. The van der Waals surface area contributed by atoms with Gasteiger partial charge in [0.05, 0.1) is 30.6 Å². The summed E-state index contributed by atoms with van der Waals surface area (Å²) < 4.78 is 11.1. The Morgan fingerprint density at radius 1 is 1.10 bits per heavy atom. The van der Waals surface area contributed by atoms with Crippen LogP contribution in [-0.2, 0) is 16.1 Å². The van der Waals surface area contributed by atoms with E-state index in [0.717, 1.165) is 17.0 Å². The average Bonchev–Trinajstić information content (AvgIpc) is 2.73. The van der Waals surface area contributed by atoms with Crippen LogP contribution >= 0.6 is 0 Å². The Hall–Kier alpha value is -3.06. The van der Waals surface area contributed by atoms with E-state index in [2.05, 4.69) is 15.5 Å². The van der Waals surface area contributed by atoms with E-state index < -0.39 is 0 Å². The number of hydrogen-bond donors (Lipinski definition) is 2. The molecule has 0 unspecified atom stereocenters. The molecular formula is C23H29N3O4. The molecule has 1 fully saturated rings. The molecule has 2 aromatic rings. The Balaban J connectivity index is 1.72. The van der Waals surface area contributed by atoms with Crippen molar-refractivity contribution in [1.29, 1.82) is 0 Å². The largest absolute Gasteiger partial charge is 0.491 e. The summed E-state index contributed by atoms with van der Waals surface area (Å²) in [6.07, 6.45) is 0.120. The smallest absolute Gasteiger partial charge is 0.253 e. The first-order valence-corrected chi connectivity index (χ1v) is 10.2. The Bertz CT molecular complexity index is 875. The molecule has 7 heteroatoms. The zero-order chi connectivity index (χ0) is 21.5. The molecule has 0 spiro atoms. The Labute approximate surface area is 177 Å². The lowest BCUT2D eigenvalue weighted by atomic mass is 10.1. The molecule has 1 aliphatic rings. The van der Waals surface area contributed by atoms with Crippen molar-refractivity contribution in [1.82, 2.24) is 5.32 Å². The first-order chi connectivity index (χ1) is 14.4. The van der Waals surface area contributed by atoms with Gasteiger partial charge in [0.25, 0.3) is 5.91 Å². The third kappa shape index (κ3) is 5.97. The van der Waals surface area contributed by atoms with E-state index in [1.54, 1.807) is 12.1 Å². The van der Waals surface area contributed by atoms with Crippen LogP contribution in [0.15, 0.2) is 42.5 Å². The minimum atomic E-state index is -0.159. The lowest BCUT2D eigenvalue weighted by Crippen LogP contribution is -2.38. The molecule has 0 bridgehead atoms. The Kier molecular flexibility index (Phi) is 7.30. The number of anilines is 2. The second kappa shape index (κ2) is 10.1. The van der Waals surface area contributed by atoms with Crippen molar-refractivity contribution in [2.45, 2.75) is 33.4 Å². The van der Waals surface area contributed by atoms with Gasteiger partial charge in [0, 0.05) is 32.2 Å². The van der Waals surface area contributed by atoms with Gasteiger partial charge in [-0.05, 0) is 49.7 Å². The second-order valence-electron chi connectivity index (χ2n) is 7.51. The van der Waals surface area contributed by atoms with E-state index in [9.17, 15) is 9.59 Å². The maximum Gasteiger partial charge on any atom is 0.253 e. The molecule has 1 heterocycles. The summed E-state index contributed by atoms with van der Waals surface area (Å²) in [5.74, 6) is 0.502. The Morgan fingerprint density at radius 3 is 2.43 bits per heavy atom. The molecule has 30 heavy (non-hydrogen) atoms. The summed E-state index contributed by atoms with van der Waals surface area (Å²) in [5, 5.41) is 5.78. The van der Waals surface area contributed by atoms with Crippen LogP contribution in [0.2, 0.25) is 0 Å². The number of morpholine rings is 1. The normalized spacial score (nSPS) is 13.8. The number of hydrogen-bond acceptors (Lipinski definition) is 5. The van der Waals surface area contributed by atoms with Gasteiger partial charge in [-0.3, -0.25) is 9.59 Å². The maximum absolute atomic E-state index is 12.9. The highest BCUT2D eigenvalue weighted by molar-refractivity contribution is 6.01. The molecule has 7 nitrogen and oxygen atoms in total. The van der Waals surface area contributed by atoms with Crippen LogP contribution in [0.1, 0.15) is 36.7 Å². The molecule has 0 atom stereocenters. The molecule has 160 valence electrons. The van der Waals surface area contributed by atoms with E-state index in [4.69, 9.17) is 9.47 Å². The van der Waals surface area contributed by atoms with Crippen LogP contribution in [0.25, 0.3) is 0 Å². The molecule has 1 aliphatic heterocycles. The number of amides is 2. The van der Waals surface area contributed by atoms with E-state index in [1.807, 2.05) is 44.2 Å². The van der Waals surface area contributed by atoms with Gasteiger partial charge in [-0.1, -0.05) is 12.1 Å². The first kappa shape index (κ1) is 21.6. The van der Waals surface area contributed by atoms with Gasteiger partial charge >= 0.3 is 0 Å². The molecule has 0 saturated carbocycles. The third-order valence-electron chi connectivity index (χ3n) is 4.66. The zero-order valence-electron chi connectivity index (χ0n) is 17.7. The summed E-state index contributed by atoms with van der Waals surface area (Å²) in [6.45, 7) is 8.45. The molecule has 0 aliphatic carbocycles. The number of rotatable bonds is 7. The highest BCUT2D eigenvalue weighted by Crippen LogP contribution is 2.26. The number of carbonyl (C=O) groups is 2. The number of nitrogens with zero attached hydrogens (tertiary/aromatic N) is 1. The number of benzene rings is 2. The zero-order valence-corrected chi connectivity index (χ0v) is 17.7. The number of nitrogens with one attached hydrogen (secondary N) is 2. The molecular weight excluding hydrogens is 382 g/mol. The van der Waals surface area contributed by atoms with E-state index in [0.29, 0.717) is 44.1 Å². The molecule has 0 radical (unpaired) electrons. The predicted molar refractivity (Wildman–Crippen MR) is 117 cm³/mol. The van der Waals surface area contributed by atoms with Crippen molar-refractivity contribution in [3.05, 3.63) is 53.6 Å². The van der Waals surface area contributed by atoms with Crippen molar-refractivity contribution in [3.8, 4) is 5.75 Å². The molecule has 1 saturated heterocycles. The van der Waals surface area contributed by atoms with Crippen molar-refractivity contribution < 1.29 is 19.1 Å². The van der Waals surface area contributed by atoms with Gasteiger partial charge in [-0.2, -0.15) is 0 Å². The minimum Gasteiger partial charge on any atom is -0.491 e. The van der Waals surface area contributed by atoms with Crippen LogP contribution in [0.3, 0.4) is 0 Å². The van der Waals surface area contributed by atoms with Crippen LogP contribution in [0.5, 0.6) is 5.75 Å². The summed E-state index contributed by atoms with van der Waals surface area (Å²) in [4.78, 5) is 26.5. The van der Waals surface area contributed by atoms with Crippen LogP contribution < -0.4 is 20.3 Å². The van der Waals surface area contributed by atoms with Crippen molar-refractivity contribution in [2.24, 2.45) is 0 Å². The number of carbonyl (C=O) groups excluding carboxylic acids is 2. The van der Waals surface area contributed by atoms with Crippen molar-refractivity contribution in [2.75, 3.05) is 36.5 Å². The van der Waals surface area contributed by atoms with E-state index >= 15 is 0 Å². The van der Waals surface area contributed by atoms with E-state index in [-0.39, 0.29) is 17.9 Å². The fourth-order valence-corrected chi connectivity index (χ4v) is 3.31. The van der Waals surface area contributed by atoms with Gasteiger partial charge in [0.1, 0.15) is 5.75 Å². The summed E-state index contributed by atoms with van der Waals surface area (Å²) >= 11 is 0. The molecule has 2 aromatic carbocycles. The van der Waals surface area contributed by atoms with Gasteiger partial charge in [0.2, 0.25) is 5.91 Å². The van der Waals surface area contributed by atoms with Crippen LogP contribution in [0.4, 0.5) is 11.4 Å². The first-order valence-electron chi connectivity index (χ1n) is 10.2. The maximum atomic E-state index is 12.9. The molecule has 0 aromatic heterocycles. The van der Waals surface area contributed by atoms with E-state index in [1.165, 1.54) is 6.92 Å². The SMILES string of the molecule is CC(=O)Nc1ccc(C(=O)NCc2ccc(OC(C)C)cc2)c(N2CCOCC2)c1. The van der Waals surface area contributed by atoms with Gasteiger partial charge in [-0.15, -0.1) is 0 Å². The van der Waals surface area contributed by atoms with Gasteiger partial charge in [0.15, 0.2) is 0 Å². The fraction of sp³-hybridized carbons (Fsp3) is 0.391. The van der Waals surface area contributed by atoms with Gasteiger partial charge < -0.3 is 25.0 Å². The Morgan fingerprint density at radius 2 is 1.80 bits per heavy atom. The summed E-state index contributed by atoms with van der Waals surface area (Å²) in [6, 6.07) is 13.1. The predicted octanol–water partition coefficient (Wildman–Crippen LogP) is 3.20. The lowest BCUT2D eigenvalue weighted by molar-refractivity contribution is -0.114. The van der Waals surface area contributed by atoms with Crippen LogP contribution in [-0.4, -0.2) is 44.2 Å². The lowest BCUT2D eigenvalue weighted by Gasteiger charge is -2.30. The molecule has 2 N–H and O–H groups in total. The van der Waals surface area contributed by atoms with Crippen molar-refractivity contribution in [3.63, 3.8) is 0 Å². The summed E-state index contributed by atoms with van der Waals surface area (Å²) in [5.41, 5.74) is 3.03. The molecule has 2 amide bonds.